The van der Waals surface area contributed by atoms with Crippen LogP contribution in [0.15, 0.2) is 20.9 Å². The SMILES string of the molecule is CCOC(=O)C1CCCN(C(=NC)NCc2ccc(Br)s2)C1. The van der Waals surface area contributed by atoms with Crippen LogP contribution in [-0.4, -0.2) is 43.6 Å². The van der Waals surface area contributed by atoms with E-state index < -0.39 is 0 Å². The Kier molecular flexibility index (Phi) is 6.70. The monoisotopic (exact) mass is 387 g/mol. The number of piperidine rings is 1. The van der Waals surface area contributed by atoms with E-state index in [1.165, 1.54) is 4.88 Å². The molecular weight excluding hydrogens is 366 g/mol. The molecule has 2 rings (SSSR count). The van der Waals surface area contributed by atoms with Gasteiger partial charge in [-0.05, 0) is 47.8 Å². The highest BCUT2D eigenvalue weighted by atomic mass is 79.9. The maximum absolute atomic E-state index is 11.9. The number of hydrogen-bond donors (Lipinski definition) is 1. The first-order valence-electron chi connectivity index (χ1n) is 7.50. The van der Waals surface area contributed by atoms with Gasteiger partial charge in [0.2, 0.25) is 0 Å². The molecule has 22 heavy (non-hydrogen) atoms. The summed E-state index contributed by atoms with van der Waals surface area (Å²) in [5.74, 6) is 0.700. The van der Waals surface area contributed by atoms with Crippen molar-refractivity contribution in [2.45, 2.75) is 26.3 Å². The summed E-state index contributed by atoms with van der Waals surface area (Å²) in [6.07, 6.45) is 1.87. The summed E-state index contributed by atoms with van der Waals surface area (Å²) in [5.41, 5.74) is 0. The van der Waals surface area contributed by atoms with Crippen LogP contribution in [0.5, 0.6) is 0 Å². The minimum absolute atomic E-state index is 0.0527. The van der Waals surface area contributed by atoms with Gasteiger partial charge in [-0.1, -0.05) is 0 Å². The van der Waals surface area contributed by atoms with Crippen LogP contribution < -0.4 is 5.32 Å². The third kappa shape index (κ3) is 4.71. The molecule has 0 aliphatic carbocycles. The number of halogens is 1. The number of likely N-dealkylation sites (tertiary alicyclic amines) is 1. The van der Waals surface area contributed by atoms with E-state index >= 15 is 0 Å². The summed E-state index contributed by atoms with van der Waals surface area (Å²) in [6.45, 7) is 4.62. The fraction of sp³-hybridized carbons (Fsp3) is 0.600. The van der Waals surface area contributed by atoms with Crippen molar-refractivity contribution in [1.29, 1.82) is 0 Å². The highest BCUT2D eigenvalue weighted by Crippen LogP contribution is 2.22. The van der Waals surface area contributed by atoms with Gasteiger partial charge in [-0.15, -0.1) is 11.3 Å². The predicted octanol–water partition coefficient (Wildman–Crippen LogP) is 2.86. The number of guanidine groups is 1. The van der Waals surface area contributed by atoms with E-state index in [2.05, 4.69) is 37.2 Å². The molecule has 1 aliphatic heterocycles. The smallest absolute Gasteiger partial charge is 0.310 e. The predicted molar refractivity (Wildman–Crippen MR) is 93.1 cm³/mol. The fourth-order valence-electron chi connectivity index (χ4n) is 2.57. The summed E-state index contributed by atoms with van der Waals surface area (Å²) in [4.78, 5) is 19.7. The number of hydrogen-bond acceptors (Lipinski definition) is 4. The quantitative estimate of drug-likeness (QED) is 0.490. The molecule has 1 aromatic heterocycles. The standard InChI is InChI=1S/C15H22BrN3O2S/c1-3-21-14(20)11-5-4-8-19(10-11)15(17-2)18-9-12-6-7-13(16)22-12/h6-7,11H,3-5,8-10H2,1-2H3,(H,17,18). The van der Waals surface area contributed by atoms with E-state index in [1.54, 1.807) is 18.4 Å². The molecule has 5 nitrogen and oxygen atoms in total. The second kappa shape index (κ2) is 8.53. The number of thiophene rings is 1. The molecule has 0 amide bonds. The molecule has 1 aliphatic rings. The van der Waals surface area contributed by atoms with E-state index in [1.807, 2.05) is 13.0 Å². The van der Waals surface area contributed by atoms with Gasteiger partial charge in [0, 0.05) is 25.0 Å². The lowest BCUT2D eigenvalue weighted by Crippen LogP contribution is -2.48. The molecule has 0 radical (unpaired) electrons. The third-order valence-corrected chi connectivity index (χ3v) is 5.23. The summed E-state index contributed by atoms with van der Waals surface area (Å²) in [5, 5.41) is 3.37. The molecule has 7 heteroatoms. The number of rotatable bonds is 4. The van der Waals surface area contributed by atoms with Gasteiger partial charge >= 0.3 is 5.97 Å². The summed E-state index contributed by atoms with van der Waals surface area (Å²) >= 11 is 5.18. The Morgan fingerprint density at radius 1 is 1.59 bits per heavy atom. The maximum atomic E-state index is 11.9. The van der Waals surface area contributed by atoms with Crippen LogP contribution >= 0.6 is 27.3 Å². The lowest BCUT2D eigenvalue weighted by Gasteiger charge is -2.33. The van der Waals surface area contributed by atoms with Crippen molar-refractivity contribution in [2.75, 3.05) is 26.7 Å². The van der Waals surface area contributed by atoms with Crippen molar-refractivity contribution in [2.24, 2.45) is 10.9 Å². The number of nitrogens with one attached hydrogen (secondary N) is 1. The van der Waals surface area contributed by atoms with E-state index in [-0.39, 0.29) is 11.9 Å². The topological polar surface area (TPSA) is 53.9 Å². The Hall–Kier alpha value is -1.08. The second-order valence-corrected chi connectivity index (χ2v) is 7.69. The van der Waals surface area contributed by atoms with Gasteiger partial charge in [-0.3, -0.25) is 9.79 Å². The molecule has 1 atom stereocenters. The van der Waals surface area contributed by atoms with Crippen LogP contribution in [0.2, 0.25) is 0 Å². The van der Waals surface area contributed by atoms with Crippen LogP contribution in [0, 0.1) is 5.92 Å². The number of ether oxygens (including phenoxy) is 1. The van der Waals surface area contributed by atoms with Crippen LogP contribution in [0.3, 0.4) is 0 Å². The Bertz CT molecular complexity index is 533. The van der Waals surface area contributed by atoms with Crippen molar-refractivity contribution in [3.8, 4) is 0 Å². The molecule has 1 fully saturated rings. The molecule has 2 heterocycles. The summed E-state index contributed by atoms with van der Waals surface area (Å²) in [6, 6.07) is 4.13. The van der Waals surface area contributed by atoms with Gasteiger partial charge < -0.3 is 15.0 Å². The lowest BCUT2D eigenvalue weighted by atomic mass is 9.98. The van der Waals surface area contributed by atoms with Gasteiger partial charge in [-0.2, -0.15) is 0 Å². The Balaban J connectivity index is 1.91. The molecule has 1 saturated heterocycles. The van der Waals surface area contributed by atoms with Crippen LogP contribution in [-0.2, 0) is 16.1 Å². The van der Waals surface area contributed by atoms with Crippen LogP contribution in [0.1, 0.15) is 24.6 Å². The average Bonchev–Trinajstić information content (AvgIpc) is 2.94. The van der Waals surface area contributed by atoms with Crippen molar-refractivity contribution in [1.82, 2.24) is 10.2 Å². The van der Waals surface area contributed by atoms with Gasteiger partial charge in [0.1, 0.15) is 0 Å². The van der Waals surface area contributed by atoms with Gasteiger partial charge in [0.25, 0.3) is 0 Å². The highest BCUT2D eigenvalue weighted by molar-refractivity contribution is 9.11. The molecule has 1 N–H and O–H groups in total. The number of carbonyl (C=O) groups excluding carboxylic acids is 1. The largest absolute Gasteiger partial charge is 0.466 e. The zero-order valence-electron chi connectivity index (χ0n) is 13.0. The van der Waals surface area contributed by atoms with Crippen LogP contribution in [0.4, 0.5) is 0 Å². The van der Waals surface area contributed by atoms with Crippen molar-refractivity contribution in [3.05, 3.63) is 20.8 Å². The summed E-state index contributed by atoms with van der Waals surface area (Å²) in [7, 11) is 1.78. The van der Waals surface area contributed by atoms with Crippen LogP contribution in [0.25, 0.3) is 0 Å². The first-order valence-corrected chi connectivity index (χ1v) is 9.11. The Labute approximate surface area is 143 Å². The minimum atomic E-state index is -0.0927. The van der Waals surface area contributed by atoms with E-state index in [4.69, 9.17) is 4.74 Å². The fourth-order valence-corrected chi connectivity index (χ4v) is 3.99. The molecule has 1 aromatic rings. The van der Waals surface area contributed by atoms with E-state index in [9.17, 15) is 4.79 Å². The Morgan fingerprint density at radius 3 is 3.05 bits per heavy atom. The van der Waals surface area contributed by atoms with Gasteiger partial charge in [-0.25, -0.2) is 0 Å². The second-order valence-electron chi connectivity index (χ2n) is 5.14. The molecule has 0 spiro atoms. The number of esters is 1. The molecule has 0 saturated carbocycles. The normalized spacial score (nSPS) is 19.1. The number of carbonyl (C=O) groups is 1. The third-order valence-electron chi connectivity index (χ3n) is 3.60. The summed E-state index contributed by atoms with van der Waals surface area (Å²) < 4.78 is 6.27. The number of aliphatic imine (C=N–C) groups is 1. The maximum Gasteiger partial charge on any atom is 0.310 e. The molecule has 0 aromatic carbocycles. The average molecular weight is 388 g/mol. The molecule has 1 unspecified atom stereocenters. The first kappa shape index (κ1) is 17.3. The van der Waals surface area contributed by atoms with Crippen molar-refractivity contribution < 1.29 is 9.53 Å². The first-order chi connectivity index (χ1) is 10.6. The van der Waals surface area contributed by atoms with E-state index in [0.717, 1.165) is 35.7 Å². The van der Waals surface area contributed by atoms with Gasteiger partial charge in [0.15, 0.2) is 5.96 Å². The van der Waals surface area contributed by atoms with Crippen molar-refractivity contribution in [3.63, 3.8) is 0 Å². The van der Waals surface area contributed by atoms with Gasteiger partial charge in [0.05, 0.1) is 22.9 Å². The Morgan fingerprint density at radius 2 is 2.41 bits per heavy atom. The molecule has 0 bridgehead atoms. The minimum Gasteiger partial charge on any atom is -0.466 e. The number of nitrogens with zero attached hydrogens (tertiary/aromatic N) is 2. The van der Waals surface area contributed by atoms with E-state index in [0.29, 0.717) is 13.2 Å². The molecule has 122 valence electrons. The lowest BCUT2D eigenvalue weighted by molar-refractivity contribution is -0.149. The zero-order valence-corrected chi connectivity index (χ0v) is 15.4. The molecular formula is C15H22BrN3O2S. The highest BCUT2D eigenvalue weighted by Gasteiger charge is 2.28. The zero-order chi connectivity index (χ0) is 15.9. The van der Waals surface area contributed by atoms with Crippen molar-refractivity contribution >= 4 is 39.2 Å².